The molecule has 0 aliphatic carbocycles. The number of primary amides is 1. The number of carboxylic acid groups (broad SMARTS) is 1. The van der Waals surface area contributed by atoms with Gasteiger partial charge in [-0.05, 0) is 6.42 Å². The number of hydrogen-bond donors (Lipinski definition) is 3. The Balaban J connectivity index is 2.15. The summed E-state index contributed by atoms with van der Waals surface area (Å²) in [5, 5.41) is 11.5. The molecule has 1 rings (SSSR count). The van der Waals surface area contributed by atoms with Crippen LogP contribution in [0.2, 0.25) is 0 Å². The predicted molar refractivity (Wildman–Crippen MR) is 63.7 cm³/mol. The van der Waals surface area contributed by atoms with Gasteiger partial charge in [0, 0.05) is 32.0 Å². The Morgan fingerprint density at radius 1 is 1.44 bits per heavy atom. The van der Waals surface area contributed by atoms with Crippen molar-refractivity contribution in [3.8, 4) is 0 Å². The minimum absolute atomic E-state index is 0.0267. The van der Waals surface area contributed by atoms with Crippen LogP contribution in [-0.4, -0.2) is 47.5 Å². The van der Waals surface area contributed by atoms with Gasteiger partial charge in [0.05, 0.1) is 5.92 Å². The van der Waals surface area contributed by atoms with Gasteiger partial charge < -0.3 is 21.1 Å². The van der Waals surface area contributed by atoms with Crippen LogP contribution in [0.5, 0.6) is 0 Å². The Hall–Kier alpha value is -1.79. The molecule has 1 fully saturated rings. The van der Waals surface area contributed by atoms with E-state index in [1.165, 1.54) is 0 Å². The molecule has 0 radical (unpaired) electrons. The summed E-state index contributed by atoms with van der Waals surface area (Å²) in [6.07, 6.45) is 0.767. The zero-order chi connectivity index (χ0) is 13.7. The first-order chi connectivity index (χ1) is 8.41. The van der Waals surface area contributed by atoms with Gasteiger partial charge >= 0.3 is 12.0 Å². The zero-order valence-electron chi connectivity index (χ0n) is 10.4. The van der Waals surface area contributed by atoms with Crippen molar-refractivity contribution in [1.29, 1.82) is 0 Å². The average Bonchev–Trinajstić information content (AvgIpc) is 2.21. The number of nitrogens with two attached hydrogens (primary N) is 1. The highest BCUT2D eigenvalue weighted by Crippen LogP contribution is 2.23. The topological polar surface area (TPSA) is 113 Å². The summed E-state index contributed by atoms with van der Waals surface area (Å²) in [7, 11) is 0. The highest BCUT2D eigenvalue weighted by molar-refractivity contribution is 5.76. The summed E-state index contributed by atoms with van der Waals surface area (Å²) in [6, 6.07) is -0.215. The van der Waals surface area contributed by atoms with Crippen molar-refractivity contribution in [3.05, 3.63) is 0 Å². The van der Waals surface area contributed by atoms with Crippen LogP contribution in [0.15, 0.2) is 0 Å². The maximum atomic E-state index is 11.6. The number of hydrogen-bond acceptors (Lipinski definition) is 3. The lowest BCUT2D eigenvalue weighted by Gasteiger charge is -2.41. The van der Waals surface area contributed by atoms with Crippen molar-refractivity contribution < 1.29 is 19.5 Å². The number of carbonyl (C=O) groups excluding carboxylic acids is 2. The fourth-order valence-electron chi connectivity index (χ4n) is 1.77. The van der Waals surface area contributed by atoms with Crippen molar-refractivity contribution in [2.24, 2.45) is 17.6 Å². The summed E-state index contributed by atoms with van der Waals surface area (Å²) in [4.78, 5) is 34.3. The molecule has 0 saturated carbocycles. The maximum Gasteiger partial charge on any atom is 0.317 e. The van der Waals surface area contributed by atoms with E-state index < -0.39 is 11.9 Å². The molecule has 102 valence electrons. The van der Waals surface area contributed by atoms with E-state index in [0.29, 0.717) is 26.1 Å². The highest BCUT2D eigenvalue weighted by atomic mass is 16.4. The van der Waals surface area contributed by atoms with E-state index in [9.17, 15) is 14.4 Å². The lowest BCUT2D eigenvalue weighted by Crippen LogP contribution is -2.56. The largest absolute Gasteiger partial charge is 0.481 e. The van der Waals surface area contributed by atoms with Crippen molar-refractivity contribution in [2.75, 3.05) is 19.6 Å². The average molecular weight is 257 g/mol. The Bertz CT molecular complexity index is 339. The second kappa shape index (κ2) is 6.23. The van der Waals surface area contributed by atoms with Crippen LogP contribution in [0.4, 0.5) is 4.79 Å². The summed E-state index contributed by atoms with van der Waals surface area (Å²) in [5.74, 6) is -1.62. The minimum atomic E-state index is -0.832. The molecule has 1 heterocycles. The lowest BCUT2D eigenvalue weighted by molar-refractivity contribution is -0.144. The molecule has 7 nitrogen and oxygen atoms in total. The number of urea groups is 1. The monoisotopic (exact) mass is 257 g/mol. The molecule has 0 aromatic rings. The number of carbonyl (C=O) groups is 3. The molecule has 1 aliphatic heterocycles. The number of carboxylic acids is 1. The van der Waals surface area contributed by atoms with Crippen LogP contribution >= 0.6 is 0 Å². The summed E-state index contributed by atoms with van der Waals surface area (Å²) < 4.78 is 0. The fraction of sp³-hybridized carbons (Fsp3) is 0.727. The molecule has 1 saturated heterocycles. The van der Waals surface area contributed by atoms with E-state index >= 15 is 0 Å². The van der Waals surface area contributed by atoms with E-state index in [1.807, 2.05) is 0 Å². The van der Waals surface area contributed by atoms with E-state index in [1.54, 1.807) is 11.8 Å². The number of aliphatic carboxylic acids is 1. The third kappa shape index (κ3) is 3.90. The lowest BCUT2D eigenvalue weighted by atomic mass is 9.87. The normalized spacial score (nSPS) is 16.8. The van der Waals surface area contributed by atoms with Crippen LogP contribution in [-0.2, 0) is 9.59 Å². The third-order valence-electron chi connectivity index (χ3n) is 3.17. The molecule has 1 unspecified atom stereocenters. The Kier molecular flexibility index (Phi) is 4.94. The summed E-state index contributed by atoms with van der Waals surface area (Å²) >= 11 is 0. The van der Waals surface area contributed by atoms with E-state index in [-0.39, 0.29) is 24.3 Å². The van der Waals surface area contributed by atoms with E-state index in [0.717, 1.165) is 0 Å². The second-order valence-electron chi connectivity index (χ2n) is 4.59. The van der Waals surface area contributed by atoms with Gasteiger partial charge in [0.25, 0.3) is 0 Å². The third-order valence-corrected chi connectivity index (χ3v) is 3.17. The molecule has 0 bridgehead atoms. The predicted octanol–water partition coefficient (Wildman–Crippen LogP) is -0.386. The quantitative estimate of drug-likeness (QED) is 0.562. The van der Waals surface area contributed by atoms with Gasteiger partial charge in [-0.15, -0.1) is 0 Å². The van der Waals surface area contributed by atoms with E-state index in [2.05, 4.69) is 5.32 Å². The SMILES string of the molecule is CC(C(=O)O)C1CN(C(=O)NCCCC(N)=O)C1. The summed E-state index contributed by atoms with van der Waals surface area (Å²) in [5.41, 5.74) is 4.97. The van der Waals surface area contributed by atoms with Gasteiger partial charge in [-0.25, -0.2) is 4.79 Å². The molecule has 0 aromatic carbocycles. The maximum absolute atomic E-state index is 11.6. The van der Waals surface area contributed by atoms with Crippen molar-refractivity contribution in [1.82, 2.24) is 10.2 Å². The fourth-order valence-corrected chi connectivity index (χ4v) is 1.77. The number of likely N-dealkylation sites (tertiary alicyclic amines) is 1. The van der Waals surface area contributed by atoms with Gasteiger partial charge in [-0.3, -0.25) is 9.59 Å². The van der Waals surface area contributed by atoms with Crippen LogP contribution in [0.25, 0.3) is 0 Å². The molecule has 7 heteroatoms. The minimum Gasteiger partial charge on any atom is -0.481 e. The molecule has 0 spiro atoms. The molecule has 1 atom stereocenters. The zero-order valence-corrected chi connectivity index (χ0v) is 10.4. The molecule has 4 N–H and O–H groups in total. The van der Waals surface area contributed by atoms with Crippen molar-refractivity contribution >= 4 is 17.9 Å². The van der Waals surface area contributed by atoms with Crippen molar-refractivity contribution in [2.45, 2.75) is 19.8 Å². The Morgan fingerprint density at radius 2 is 2.06 bits per heavy atom. The number of amides is 3. The molecular formula is C11H19N3O4. The van der Waals surface area contributed by atoms with Gasteiger partial charge in [0.1, 0.15) is 0 Å². The number of nitrogens with zero attached hydrogens (tertiary/aromatic N) is 1. The van der Waals surface area contributed by atoms with Crippen LogP contribution in [0.3, 0.4) is 0 Å². The van der Waals surface area contributed by atoms with Gasteiger partial charge in [0.2, 0.25) is 5.91 Å². The summed E-state index contributed by atoms with van der Waals surface area (Å²) in [6.45, 7) is 2.98. The van der Waals surface area contributed by atoms with Crippen LogP contribution in [0, 0.1) is 11.8 Å². The second-order valence-corrected chi connectivity index (χ2v) is 4.59. The first kappa shape index (κ1) is 14.3. The van der Waals surface area contributed by atoms with Gasteiger partial charge in [0.15, 0.2) is 0 Å². The number of rotatable bonds is 6. The highest BCUT2D eigenvalue weighted by Gasteiger charge is 2.36. The Labute approximate surface area is 105 Å². The standard InChI is InChI=1S/C11H19N3O4/c1-7(10(16)17)8-5-14(6-8)11(18)13-4-2-3-9(12)15/h7-8H,2-6H2,1H3,(H2,12,15)(H,13,18)(H,16,17). The molecule has 1 aliphatic rings. The first-order valence-electron chi connectivity index (χ1n) is 5.95. The molecule has 18 heavy (non-hydrogen) atoms. The number of nitrogens with one attached hydrogen (secondary N) is 1. The Morgan fingerprint density at radius 3 is 2.56 bits per heavy atom. The van der Waals surface area contributed by atoms with Crippen LogP contribution in [0.1, 0.15) is 19.8 Å². The molecule has 0 aromatic heterocycles. The van der Waals surface area contributed by atoms with Gasteiger partial charge in [-0.1, -0.05) is 6.92 Å². The van der Waals surface area contributed by atoms with Crippen molar-refractivity contribution in [3.63, 3.8) is 0 Å². The molecular weight excluding hydrogens is 238 g/mol. The van der Waals surface area contributed by atoms with Crippen LogP contribution < -0.4 is 11.1 Å². The molecule has 3 amide bonds. The van der Waals surface area contributed by atoms with E-state index in [4.69, 9.17) is 10.8 Å². The van der Waals surface area contributed by atoms with Gasteiger partial charge in [-0.2, -0.15) is 0 Å². The smallest absolute Gasteiger partial charge is 0.317 e. The first-order valence-corrected chi connectivity index (χ1v) is 5.95.